The van der Waals surface area contributed by atoms with Crippen LogP contribution in [0.4, 0.5) is 0 Å². The van der Waals surface area contributed by atoms with Crippen molar-refractivity contribution in [1.29, 1.82) is 0 Å². The molecule has 0 unspecified atom stereocenters. The third kappa shape index (κ3) is 4.52. The minimum atomic E-state index is -0.281. The van der Waals surface area contributed by atoms with Crippen LogP contribution in [0.1, 0.15) is 19.3 Å². The number of morpholine rings is 1. The van der Waals surface area contributed by atoms with E-state index in [2.05, 4.69) is 14.9 Å². The van der Waals surface area contributed by atoms with Crippen molar-refractivity contribution in [3.8, 4) is 0 Å². The van der Waals surface area contributed by atoms with E-state index in [-0.39, 0.29) is 6.10 Å². The van der Waals surface area contributed by atoms with Crippen molar-refractivity contribution in [3.63, 3.8) is 0 Å². The van der Waals surface area contributed by atoms with Gasteiger partial charge in [0.1, 0.15) is 0 Å². The molecule has 0 spiro atoms. The molecule has 3 rings (SSSR count). The number of hydrogen-bond donors (Lipinski definition) is 1. The number of likely N-dealkylation sites (tertiary alicyclic amines) is 1. The van der Waals surface area contributed by atoms with Gasteiger partial charge in [-0.3, -0.25) is 14.5 Å². The molecule has 2 aliphatic heterocycles. The van der Waals surface area contributed by atoms with Gasteiger partial charge in [0.25, 0.3) is 0 Å². The molecule has 22 heavy (non-hydrogen) atoms. The normalized spacial score (nSPS) is 26.1. The van der Waals surface area contributed by atoms with Crippen molar-refractivity contribution >= 4 is 0 Å². The smallest absolute Gasteiger partial charge is 0.0793 e. The summed E-state index contributed by atoms with van der Waals surface area (Å²) >= 11 is 0. The van der Waals surface area contributed by atoms with Crippen LogP contribution in [-0.2, 0) is 11.3 Å². The number of piperidine rings is 1. The standard InChI is InChI=1S/C16H28N4O2/c21-16(13-18-8-10-22-11-9-18)14-19-6-2-1-4-15(19)12-20-7-3-5-17-20/h3,5,7,15-16,21H,1-2,4,6,8-14H2/t15-,16+/m1/s1. The highest BCUT2D eigenvalue weighted by Gasteiger charge is 2.25. The summed E-state index contributed by atoms with van der Waals surface area (Å²) in [7, 11) is 0. The third-order valence-electron chi connectivity index (χ3n) is 4.72. The molecule has 0 aromatic carbocycles. The van der Waals surface area contributed by atoms with E-state index in [1.54, 1.807) is 0 Å². The molecule has 0 saturated carbocycles. The highest BCUT2D eigenvalue weighted by molar-refractivity contribution is 4.84. The number of aromatic nitrogens is 2. The molecule has 0 bridgehead atoms. The number of nitrogens with zero attached hydrogens (tertiary/aromatic N) is 4. The molecule has 0 aliphatic carbocycles. The second-order valence-electron chi connectivity index (χ2n) is 6.44. The summed E-state index contributed by atoms with van der Waals surface area (Å²) in [5, 5.41) is 14.8. The molecule has 124 valence electrons. The molecule has 6 heteroatoms. The Balaban J connectivity index is 1.49. The summed E-state index contributed by atoms with van der Waals surface area (Å²) in [6.07, 6.45) is 7.29. The molecule has 2 saturated heterocycles. The number of hydrogen-bond acceptors (Lipinski definition) is 5. The van der Waals surface area contributed by atoms with E-state index in [4.69, 9.17) is 4.74 Å². The van der Waals surface area contributed by atoms with Crippen molar-refractivity contribution in [2.75, 3.05) is 45.9 Å². The van der Waals surface area contributed by atoms with E-state index < -0.39 is 0 Å². The van der Waals surface area contributed by atoms with Crippen LogP contribution >= 0.6 is 0 Å². The Hall–Kier alpha value is -0.950. The van der Waals surface area contributed by atoms with Crippen molar-refractivity contribution in [3.05, 3.63) is 18.5 Å². The fourth-order valence-corrected chi connectivity index (χ4v) is 3.54. The van der Waals surface area contributed by atoms with E-state index in [1.807, 2.05) is 23.1 Å². The van der Waals surface area contributed by atoms with Gasteiger partial charge in [0.15, 0.2) is 0 Å². The molecule has 1 aromatic rings. The van der Waals surface area contributed by atoms with Crippen LogP contribution in [0.15, 0.2) is 18.5 Å². The highest BCUT2D eigenvalue weighted by Crippen LogP contribution is 2.19. The topological polar surface area (TPSA) is 53.8 Å². The number of aliphatic hydroxyl groups is 1. The average Bonchev–Trinajstić information content (AvgIpc) is 3.03. The number of β-amino-alcohol motifs (C(OH)–C–C–N with tert-alkyl or cyclic N) is 1. The lowest BCUT2D eigenvalue weighted by molar-refractivity contribution is -0.00183. The lowest BCUT2D eigenvalue weighted by Crippen LogP contribution is -2.49. The van der Waals surface area contributed by atoms with Crippen LogP contribution in [0.25, 0.3) is 0 Å². The van der Waals surface area contributed by atoms with E-state index in [0.29, 0.717) is 6.04 Å². The quantitative estimate of drug-likeness (QED) is 0.826. The number of rotatable bonds is 6. The lowest BCUT2D eigenvalue weighted by Gasteiger charge is -2.38. The van der Waals surface area contributed by atoms with Crippen LogP contribution < -0.4 is 0 Å². The van der Waals surface area contributed by atoms with Crippen molar-refractivity contribution in [1.82, 2.24) is 19.6 Å². The summed E-state index contributed by atoms with van der Waals surface area (Å²) in [6.45, 7) is 7.00. The molecular weight excluding hydrogens is 280 g/mol. The van der Waals surface area contributed by atoms with Gasteiger partial charge in [-0.1, -0.05) is 6.42 Å². The van der Waals surface area contributed by atoms with Crippen LogP contribution in [0.2, 0.25) is 0 Å². The van der Waals surface area contributed by atoms with Gasteiger partial charge in [-0.15, -0.1) is 0 Å². The molecule has 0 amide bonds. The van der Waals surface area contributed by atoms with Crippen LogP contribution in [-0.4, -0.2) is 82.8 Å². The molecule has 0 radical (unpaired) electrons. The minimum absolute atomic E-state index is 0.281. The van der Waals surface area contributed by atoms with Gasteiger partial charge < -0.3 is 9.84 Å². The fraction of sp³-hybridized carbons (Fsp3) is 0.812. The van der Waals surface area contributed by atoms with Crippen LogP contribution in [0.3, 0.4) is 0 Å². The van der Waals surface area contributed by atoms with Gasteiger partial charge in [-0.2, -0.15) is 5.10 Å². The highest BCUT2D eigenvalue weighted by atomic mass is 16.5. The van der Waals surface area contributed by atoms with E-state index in [9.17, 15) is 5.11 Å². The number of aliphatic hydroxyl groups excluding tert-OH is 1. The molecule has 2 aliphatic rings. The van der Waals surface area contributed by atoms with E-state index in [1.165, 1.54) is 19.3 Å². The first kappa shape index (κ1) is 15.9. The summed E-state index contributed by atoms with van der Waals surface area (Å²) in [5.74, 6) is 0. The number of ether oxygens (including phenoxy) is 1. The van der Waals surface area contributed by atoms with Gasteiger partial charge in [0, 0.05) is 44.6 Å². The van der Waals surface area contributed by atoms with E-state index >= 15 is 0 Å². The zero-order valence-electron chi connectivity index (χ0n) is 13.3. The maximum absolute atomic E-state index is 10.5. The maximum atomic E-state index is 10.5. The Morgan fingerprint density at radius 1 is 1.18 bits per heavy atom. The van der Waals surface area contributed by atoms with Gasteiger partial charge >= 0.3 is 0 Å². The minimum Gasteiger partial charge on any atom is -0.390 e. The Bertz CT molecular complexity index is 420. The Morgan fingerprint density at radius 3 is 2.82 bits per heavy atom. The maximum Gasteiger partial charge on any atom is 0.0793 e. The van der Waals surface area contributed by atoms with Gasteiger partial charge in [0.2, 0.25) is 0 Å². The monoisotopic (exact) mass is 308 g/mol. The molecular formula is C16H28N4O2. The van der Waals surface area contributed by atoms with Crippen LogP contribution in [0, 0.1) is 0 Å². The van der Waals surface area contributed by atoms with Gasteiger partial charge in [0.05, 0.1) is 25.9 Å². The first-order chi connectivity index (χ1) is 10.8. The van der Waals surface area contributed by atoms with Crippen molar-refractivity contribution in [2.24, 2.45) is 0 Å². The molecule has 2 atom stereocenters. The predicted octanol–water partition coefficient (Wildman–Crippen LogP) is 0.431. The second-order valence-corrected chi connectivity index (χ2v) is 6.44. The second kappa shape index (κ2) is 8.06. The zero-order valence-corrected chi connectivity index (χ0v) is 13.3. The largest absolute Gasteiger partial charge is 0.390 e. The fourth-order valence-electron chi connectivity index (χ4n) is 3.54. The third-order valence-corrected chi connectivity index (χ3v) is 4.72. The van der Waals surface area contributed by atoms with Gasteiger partial charge in [-0.25, -0.2) is 0 Å². The zero-order chi connectivity index (χ0) is 15.2. The molecule has 1 N–H and O–H groups in total. The van der Waals surface area contributed by atoms with Gasteiger partial charge in [-0.05, 0) is 25.5 Å². The lowest BCUT2D eigenvalue weighted by atomic mass is 10.0. The van der Waals surface area contributed by atoms with E-state index in [0.717, 1.165) is 52.5 Å². The SMILES string of the molecule is O[C@@H](CN1CCOCC1)CN1CCCC[C@@H]1Cn1cccn1. The first-order valence-corrected chi connectivity index (χ1v) is 8.51. The summed E-state index contributed by atoms with van der Waals surface area (Å²) in [6, 6.07) is 2.47. The Morgan fingerprint density at radius 2 is 2.05 bits per heavy atom. The summed E-state index contributed by atoms with van der Waals surface area (Å²) in [4.78, 5) is 4.76. The molecule has 1 aromatic heterocycles. The average molecular weight is 308 g/mol. The predicted molar refractivity (Wildman–Crippen MR) is 84.7 cm³/mol. The summed E-state index contributed by atoms with van der Waals surface area (Å²) in [5.41, 5.74) is 0. The van der Waals surface area contributed by atoms with Crippen LogP contribution in [0.5, 0.6) is 0 Å². The van der Waals surface area contributed by atoms with Crippen molar-refractivity contribution < 1.29 is 9.84 Å². The van der Waals surface area contributed by atoms with Crippen molar-refractivity contribution in [2.45, 2.75) is 38.0 Å². The summed E-state index contributed by atoms with van der Waals surface area (Å²) < 4.78 is 7.37. The molecule has 6 nitrogen and oxygen atoms in total. The Labute approximate surface area is 132 Å². The first-order valence-electron chi connectivity index (χ1n) is 8.51. The molecule has 3 heterocycles. The Kier molecular flexibility index (Phi) is 5.83. The molecule has 2 fully saturated rings.